The molecule has 0 fully saturated rings. The smallest absolute Gasteiger partial charge is 0.243 e. The Bertz CT molecular complexity index is 1430. The fourth-order valence-electron chi connectivity index (χ4n) is 3.50. The number of benzene rings is 1. The minimum atomic E-state index is -0.511. The van der Waals surface area contributed by atoms with Crippen molar-refractivity contribution in [3.8, 4) is 16.5 Å². The second kappa shape index (κ2) is 8.48. The van der Waals surface area contributed by atoms with Gasteiger partial charge in [0.2, 0.25) is 5.91 Å². The van der Waals surface area contributed by atoms with Gasteiger partial charge in [-0.3, -0.25) is 19.0 Å². The first-order valence-corrected chi connectivity index (χ1v) is 11.3. The third kappa shape index (κ3) is 3.74. The molecular formula is C22H19N7OS2. The predicted octanol–water partition coefficient (Wildman–Crippen LogP) is 4.28. The molecule has 4 aromatic heterocycles. The average Bonchev–Trinajstić information content (AvgIpc) is 3.57. The zero-order chi connectivity index (χ0) is 22.1. The van der Waals surface area contributed by atoms with Crippen LogP contribution in [0.2, 0.25) is 0 Å². The Hall–Kier alpha value is -3.63. The minimum absolute atomic E-state index is 0.148. The number of aromatic amines is 1. The van der Waals surface area contributed by atoms with Crippen LogP contribution >= 0.6 is 23.6 Å². The largest absolute Gasteiger partial charge is 0.350 e. The molecule has 0 radical (unpaired) electrons. The van der Waals surface area contributed by atoms with E-state index in [-0.39, 0.29) is 5.91 Å². The molecule has 1 amide bonds. The van der Waals surface area contributed by atoms with Crippen molar-refractivity contribution in [2.75, 3.05) is 0 Å². The molecule has 5 rings (SSSR count). The summed E-state index contributed by atoms with van der Waals surface area (Å²) in [7, 11) is 0. The number of fused-ring (bicyclic) bond motifs is 1. The monoisotopic (exact) mass is 461 g/mol. The molecule has 1 aromatic carbocycles. The van der Waals surface area contributed by atoms with Crippen LogP contribution in [0.3, 0.4) is 0 Å². The van der Waals surface area contributed by atoms with E-state index in [0.29, 0.717) is 17.1 Å². The first kappa shape index (κ1) is 20.3. The highest BCUT2D eigenvalue weighted by Crippen LogP contribution is 2.25. The summed E-state index contributed by atoms with van der Waals surface area (Å²) in [5.41, 5.74) is 2.81. The Morgan fingerprint density at radius 3 is 2.84 bits per heavy atom. The molecular weight excluding hydrogens is 442 g/mol. The quantitative estimate of drug-likeness (QED) is 0.368. The summed E-state index contributed by atoms with van der Waals surface area (Å²) in [5, 5.41) is 12.0. The molecule has 160 valence electrons. The summed E-state index contributed by atoms with van der Waals surface area (Å²) in [5.74, 6) is 1.28. The maximum atomic E-state index is 12.8. The van der Waals surface area contributed by atoms with Crippen molar-refractivity contribution in [2.45, 2.75) is 19.5 Å². The molecule has 8 nitrogen and oxygen atoms in total. The highest BCUT2D eigenvalue weighted by molar-refractivity contribution is 7.71. The maximum absolute atomic E-state index is 12.8. The van der Waals surface area contributed by atoms with Crippen molar-refractivity contribution in [3.05, 3.63) is 76.8 Å². The van der Waals surface area contributed by atoms with Gasteiger partial charge in [-0.15, -0.1) is 11.3 Å². The number of H-pyrrole nitrogens is 1. The number of nitrogens with one attached hydrogen (secondary N) is 2. The Kier molecular flexibility index (Phi) is 5.38. The van der Waals surface area contributed by atoms with E-state index in [1.165, 1.54) is 0 Å². The fourth-order valence-corrected chi connectivity index (χ4v) is 4.50. The molecule has 10 heteroatoms. The second-order valence-corrected chi connectivity index (χ2v) is 8.56. The van der Waals surface area contributed by atoms with Crippen LogP contribution in [0.25, 0.3) is 27.6 Å². The standard InChI is InChI=1S/C22H19N7OS2/c1-14(29-20(26-27-22(29)31)18-7-4-10-32-18)21(30)24-12-15-8-9-19(23-11-15)28-13-25-16-5-2-3-6-17(16)28/h2-11,13-14H,12H2,1H3,(H,24,30)(H,27,31). The Morgan fingerprint density at radius 1 is 1.19 bits per heavy atom. The number of aromatic nitrogens is 6. The molecule has 4 heterocycles. The van der Waals surface area contributed by atoms with Gasteiger partial charge in [0, 0.05) is 12.7 Å². The topological polar surface area (TPSA) is 93.4 Å². The molecule has 0 spiro atoms. The van der Waals surface area contributed by atoms with Crippen LogP contribution in [-0.2, 0) is 11.3 Å². The number of carbonyl (C=O) groups excluding carboxylic acids is 1. The summed E-state index contributed by atoms with van der Waals surface area (Å²) in [6.07, 6.45) is 3.52. The number of thiophene rings is 1. The van der Waals surface area contributed by atoms with E-state index in [1.807, 2.05) is 65.4 Å². The van der Waals surface area contributed by atoms with Crippen molar-refractivity contribution < 1.29 is 4.79 Å². The van der Waals surface area contributed by atoms with Gasteiger partial charge in [0.15, 0.2) is 10.6 Å². The lowest BCUT2D eigenvalue weighted by atomic mass is 10.2. The number of amides is 1. The van der Waals surface area contributed by atoms with Gasteiger partial charge < -0.3 is 5.32 Å². The lowest BCUT2D eigenvalue weighted by Gasteiger charge is -2.15. The van der Waals surface area contributed by atoms with Crippen molar-refractivity contribution in [2.24, 2.45) is 0 Å². The van der Waals surface area contributed by atoms with Crippen LogP contribution in [0.1, 0.15) is 18.5 Å². The molecule has 32 heavy (non-hydrogen) atoms. The number of hydrogen-bond acceptors (Lipinski definition) is 6. The Balaban J connectivity index is 1.29. The molecule has 1 unspecified atom stereocenters. The highest BCUT2D eigenvalue weighted by Gasteiger charge is 2.21. The zero-order valence-electron chi connectivity index (χ0n) is 17.1. The SMILES string of the molecule is CC(C(=O)NCc1ccc(-n2cnc3ccccc32)nc1)n1c(-c2cccs2)n[nH]c1=S. The van der Waals surface area contributed by atoms with Gasteiger partial charge in [0.1, 0.15) is 18.2 Å². The molecule has 0 bridgehead atoms. The lowest BCUT2D eigenvalue weighted by Crippen LogP contribution is -2.31. The fraction of sp³-hybridized carbons (Fsp3) is 0.136. The zero-order valence-corrected chi connectivity index (χ0v) is 18.7. The van der Waals surface area contributed by atoms with Gasteiger partial charge >= 0.3 is 0 Å². The van der Waals surface area contributed by atoms with Crippen molar-refractivity contribution in [1.29, 1.82) is 0 Å². The molecule has 0 aliphatic heterocycles. The van der Waals surface area contributed by atoms with Crippen LogP contribution in [0.5, 0.6) is 0 Å². The number of imidazole rings is 1. The van der Waals surface area contributed by atoms with Crippen molar-refractivity contribution in [1.82, 2.24) is 34.6 Å². The summed E-state index contributed by atoms with van der Waals surface area (Å²) < 4.78 is 4.09. The van der Waals surface area contributed by atoms with E-state index < -0.39 is 6.04 Å². The van der Waals surface area contributed by atoms with E-state index in [0.717, 1.165) is 27.3 Å². The molecule has 2 N–H and O–H groups in total. The van der Waals surface area contributed by atoms with Gasteiger partial charge in [0.25, 0.3) is 0 Å². The predicted molar refractivity (Wildman–Crippen MR) is 126 cm³/mol. The second-order valence-electron chi connectivity index (χ2n) is 7.22. The number of hydrogen-bond donors (Lipinski definition) is 2. The summed E-state index contributed by atoms with van der Waals surface area (Å²) >= 11 is 6.91. The number of rotatable bonds is 6. The van der Waals surface area contributed by atoms with Crippen molar-refractivity contribution in [3.63, 3.8) is 0 Å². The van der Waals surface area contributed by atoms with Crippen LogP contribution in [0.15, 0.2) is 66.4 Å². The third-order valence-electron chi connectivity index (χ3n) is 5.19. The molecule has 0 saturated heterocycles. The molecule has 0 saturated carbocycles. The molecule has 0 aliphatic carbocycles. The summed E-state index contributed by atoms with van der Waals surface area (Å²) in [6, 6.07) is 15.1. The van der Waals surface area contributed by atoms with Crippen LogP contribution in [0.4, 0.5) is 0 Å². The van der Waals surface area contributed by atoms with Crippen LogP contribution in [0, 0.1) is 4.77 Å². The van der Waals surface area contributed by atoms with Gasteiger partial charge in [-0.1, -0.05) is 24.3 Å². The average molecular weight is 462 g/mol. The number of pyridine rings is 1. The van der Waals surface area contributed by atoms with Crippen molar-refractivity contribution >= 4 is 40.5 Å². The number of carbonyl (C=O) groups is 1. The van der Waals surface area contributed by atoms with Gasteiger partial charge in [-0.05, 0) is 54.4 Å². The number of para-hydroxylation sites is 2. The Labute approximate surface area is 192 Å². The van der Waals surface area contributed by atoms with Gasteiger partial charge in [0.05, 0.1) is 15.9 Å². The first-order valence-electron chi connectivity index (χ1n) is 9.97. The molecule has 5 aromatic rings. The van der Waals surface area contributed by atoms with Crippen LogP contribution < -0.4 is 5.32 Å². The van der Waals surface area contributed by atoms with E-state index in [1.54, 1.807) is 28.4 Å². The van der Waals surface area contributed by atoms with Gasteiger partial charge in [-0.25, -0.2) is 9.97 Å². The van der Waals surface area contributed by atoms with E-state index in [9.17, 15) is 4.79 Å². The van der Waals surface area contributed by atoms with Gasteiger partial charge in [-0.2, -0.15) is 5.10 Å². The first-order chi connectivity index (χ1) is 15.6. The Morgan fingerprint density at radius 2 is 2.06 bits per heavy atom. The normalized spacial score (nSPS) is 12.2. The van der Waals surface area contributed by atoms with E-state index >= 15 is 0 Å². The highest BCUT2D eigenvalue weighted by atomic mass is 32.1. The molecule has 1 atom stereocenters. The summed E-state index contributed by atoms with van der Waals surface area (Å²) in [6.45, 7) is 2.17. The third-order valence-corrected chi connectivity index (χ3v) is 6.34. The minimum Gasteiger partial charge on any atom is -0.350 e. The van der Waals surface area contributed by atoms with Crippen LogP contribution in [-0.4, -0.2) is 35.2 Å². The van der Waals surface area contributed by atoms with E-state index in [2.05, 4.69) is 25.5 Å². The number of nitrogens with zero attached hydrogens (tertiary/aromatic N) is 5. The van der Waals surface area contributed by atoms with E-state index in [4.69, 9.17) is 12.2 Å². The lowest BCUT2D eigenvalue weighted by molar-refractivity contribution is -0.124. The summed E-state index contributed by atoms with van der Waals surface area (Å²) in [4.78, 5) is 22.7. The molecule has 0 aliphatic rings. The maximum Gasteiger partial charge on any atom is 0.243 e.